The van der Waals surface area contributed by atoms with E-state index in [0.717, 1.165) is 35.1 Å². The van der Waals surface area contributed by atoms with Crippen LogP contribution in [0.5, 0.6) is 0 Å². The number of anilines is 1. The van der Waals surface area contributed by atoms with Gasteiger partial charge in [-0.1, -0.05) is 36.4 Å². The second-order valence-corrected chi connectivity index (χ2v) is 7.80. The number of aromatic nitrogens is 4. The Bertz CT molecular complexity index is 988. The predicted octanol–water partition coefficient (Wildman–Crippen LogP) is 1.99. The number of carbonyl (C=O) groups is 1. The van der Waals surface area contributed by atoms with Crippen molar-refractivity contribution in [1.29, 1.82) is 0 Å². The number of hydrogen-bond donors (Lipinski definition) is 2. The van der Waals surface area contributed by atoms with E-state index in [-0.39, 0.29) is 12.1 Å². The zero-order valence-electron chi connectivity index (χ0n) is 16.9. The number of benzene rings is 2. The molecule has 2 N–H and O–H groups in total. The first-order chi connectivity index (χ1) is 14.1. The molecule has 0 unspecified atom stereocenters. The summed E-state index contributed by atoms with van der Waals surface area (Å²) in [6.07, 6.45) is 4.02. The van der Waals surface area contributed by atoms with Crippen LogP contribution >= 0.6 is 0 Å². The molecule has 2 aromatic carbocycles. The van der Waals surface area contributed by atoms with E-state index in [0.29, 0.717) is 6.54 Å². The van der Waals surface area contributed by atoms with Crippen LogP contribution in [-0.2, 0) is 16.8 Å². The van der Waals surface area contributed by atoms with Gasteiger partial charge >= 0.3 is 6.09 Å². The summed E-state index contributed by atoms with van der Waals surface area (Å²) in [6, 6.07) is 13.7. The molecule has 0 bridgehead atoms. The van der Waals surface area contributed by atoms with Gasteiger partial charge in [0.25, 0.3) is 0 Å². The summed E-state index contributed by atoms with van der Waals surface area (Å²) in [5, 5.41) is 17.2. The summed E-state index contributed by atoms with van der Waals surface area (Å²) >= 11 is 0. The molecule has 1 aromatic heterocycles. The number of nitrogens with zero attached hydrogens (tertiary/aromatic N) is 4. The third-order valence-electron chi connectivity index (χ3n) is 5.94. The van der Waals surface area contributed by atoms with Crippen LogP contribution in [0.4, 0.5) is 10.5 Å². The number of rotatable bonds is 6. The number of quaternary nitrogens is 1. The average Bonchev–Trinajstić information content (AvgIpc) is 3.38. The Morgan fingerprint density at radius 3 is 2.72 bits per heavy atom. The van der Waals surface area contributed by atoms with E-state index in [2.05, 4.69) is 34.9 Å². The van der Waals surface area contributed by atoms with Gasteiger partial charge in [0.15, 0.2) is 5.54 Å². The van der Waals surface area contributed by atoms with Crippen molar-refractivity contribution in [3.8, 4) is 0 Å². The van der Waals surface area contributed by atoms with Gasteiger partial charge in [0.2, 0.25) is 5.82 Å². The van der Waals surface area contributed by atoms with E-state index in [1.54, 1.807) is 4.68 Å². The lowest BCUT2D eigenvalue weighted by Gasteiger charge is -2.31. The monoisotopic (exact) mass is 395 g/mol. The molecule has 8 heteroatoms. The Balaban J connectivity index is 1.39. The number of tetrazole rings is 1. The lowest BCUT2D eigenvalue weighted by atomic mass is 9.95. The number of fused-ring (bicyclic) bond motifs is 1. The van der Waals surface area contributed by atoms with Crippen LogP contribution < -0.4 is 10.2 Å². The van der Waals surface area contributed by atoms with Crippen molar-refractivity contribution in [2.45, 2.75) is 37.8 Å². The standard InChI is InChI=1S/C21H26N6O2/c1-26(2)21(12-5-6-13-21)19-23-24-25-27(19)14-15-29-20(28)22-18-11-7-9-16-8-3-4-10-17(16)18/h3-4,7-11H,5-6,12-15H2,1-2H3,(H,22,28)/p+1. The van der Waals surface area contributed by atoms with Crippen LogP contribution in [0.15, 0.2) is 42.5 Å². The smallest absolute Gasteiger partial charge is 0.411 e. The molecule has 0 radical (unpaired) electrons. The van der Waals surface area contributed by atoms with Crippen molar-refractivity contribution >= 4 is 22.6 Å². The molecule has 1 aliphatic rings. The van der Waals surface area contributed by atoms with Gasteiger partial charge in [-0.05, 0) is 34.7 Å². The molecule has 0 spiro atoms. The highest BCUT2D eigenvalue weighted by Gasteiger charge is 2.46. The number of hydrogen-bond acceptors (Lipinski definition) is 5. The number of amides is 1. The molecule has 1 saturated carbocycles. The van der Waals surface area contributed by atoms with Crippen LogP contribution in [0.3, 0.4) is 0 Å². The Morgan fingerprint density at radius 2 is 1.93 bits per heavy atom. The van der Waals surface area contributed by atoms with Gasteiger partial charge in [-0.2, -0.15) is 0 Å². The number of ether oxygens (including phenoxy) is 1. The Hall–Kier alpha value is -3.00. The van der Waals surface area contributed by atoms with Crippen molar-refractivity contribution in [2.24, 2.45) is 0 Å². The van der Waals surface area contributed by atoms with E-state index < -0.39 is 6.09 Å². The Labute approximate surface area is 169 Å². The van der Waals surface area contributed by atoms with Gasteiger partial charge < -0.3 is 9.64 Å². The first-order valence-electron chi connectivity index (χ1n) is 10.1. The number of carbonyl (C=O) groups excluding carboxylic acids is 1. The summed E-state index contributed by atoms with van der Waals surface area (Å²) < 4.78 is 7.19. The van der Waals surface area contributed by atoms with E-state index in [4.69, 9.17) is 4.74 Å². The third-order valence-corrected chi connectivity index (χ3v) is 5.94. The van der Waals surface area contributed by atoms with E-state index in [1.807, 2.05) is 42.5 Å². The molecule has 1 heterocycles. The van der Waals surface area contributed by atoms with E-state index in [1.165, 1.54) is 17.7 Å². The van der Waals surface area contributed by atoms with Gasteiger partial charge in [-0.25, -0.2) is 9.48 Å². The highest BCUT2D eigenvalue weighted by Crippen LogP contribution is 2.34. The zero-order chi connectivity index (χ0) is 20.3. The van der Waals surface area contributed by atoms with Crippen LogP contribution in [-0.4, -0.2) is 47.0 Å². The lowest BCUT2D eigenvalue weighted by molar-refractivity contribution is -0.924. The quantitative estimate of drug-likeness (QED) is 0.667. The summed E-state index contributed by atoms with van der Waals surface area (Å²) in [6.45, 7) is 0.633. The fraction of sp³-hybridized carbons (Fsp3) is 0.429. The highest BCUT2D eigenvalue weighted by atomic mass is 16.5. The third kappa shape index (κ3) is 3.80. The maximum atomic E-state index is 12.3. The van der Waals surface area contributed by atoms with Crippen LogP contribution in [0.25, 0.3) is 10.8 Å². The summed E-state index contributed by atoms with van der Waals surface area (Å²) in [7, 11) is 4.30. The molecular formula is C21H27N6O2+. The summed E-state index contributed by atoms with van der Waals surface area (Å²) in [5.41, 5.74) is 0.673. The Kier molecular flexibility index (Phi) is 5.44. The molecule has 152 valence electrons. The largest absolute Gasteiger partial charge is 0.447 e. The molecule has 0 atom stereocenters. The van der Waals surface area contributed by atoms with Crippen molar-refractivity contribution in [3.63, 3.8) is 0 Å². The molecule has 4 rings (SSSR count). The van der Waals surface area contributed by atoms with Gasteiger partial charge in [-0.3, -0.25) is 5.32 Å². The lowest BCUT2D eigenvalue weighted by Crippen LogP contribution is -3.13. The maximum absolute atomic E-state index is 12.3. The second kappa shape index (κ2) is 8.16. The van der Waals surface area contributed by atoms with Crippen molar-refractivity contribution < 1.29 is 14.4 Å². The molecule has 3 aromatic rings. The molecule has 1 aliphatic carbocycles. The minimum absolute atomic E-state index is 0.0608. The van der Waals surface area contributed by atoms with Crippen molar-refractivity contribution in [1.82, 2.24) is 20.2 Å². The van der Waals surface area contributed by atoms with Crippen LogP contribution in [0.1, 0.15) is 31.5 Å². The second-order valence-electron chi connectivity index (χ2n) is 7.80. The minimum Gasteiger partial charge on any atom is -0.447 e. The molecule has 1 amide bonds. The normalized spacial score (nSPS) is 15.7. The summed E-state index contributed by atoms with van der Waals surface area (Å²) in [4.78, 5) is 13.6. The first kappa shape index (κ1) is 19.3. The van der Waals surface area contributed by atoms with E-state index >= 15 is 0 Å². The van der Waals surface area contributed by atoms with Crippen molar-refractivity contribution in [2.75, 3.05) is 26.0 Å². The van der Waals surface area contributed by atoms with E-state index in [9.17, 15) is 4.79 Å². The molecule has 0 aliphatic heterocycles. The fourth-order valence-corrected chi connectivity index (χ4v) is 4.33. The molecule has 0 saturated heterocycles. The average molecular weight is 395 g/mol. The molecular weight excluding hydrogens is 368 g/mol. The van der Waals surface area contributed by atoms with Gasteiger partial charge in [-0.15, -0.1) is 5.10 Å². The predicted molar refractivity (Wildman–Crippen MR) is 110 cm³/mol. The first-order valence-corrected chi connectivity index (χ1v) is 10.1. The summed E-state index contributed by atoms with van der Waals surface area (Å²) in [5.74, 6) is 0.882. The minimum atomic E-state index is -0.482. The van der Waals surface area contributed by atoms with Gasteiger partial charge in [0.1, 0.15) is 6.61 Å². The SMILES string of the molecule is C[NH+](C)C1(c2nnnn2CCOC(=O)Nc2cccc3ccccc23)CCCC1. The maximum Gasteiger partial charge on any atom is 0.411 e. The van der Waals surface area contributed by atoms with Crippen LogP contribution in [0.2, 0.25) is 0 Å². The highest BCUT2D eigenvalue weighted by molar-refractivity contribution is 6.00. The van der Waals surface area contributed by atoms with Gasteiger partial charge in [0.05, 0.1) is 26.3 Å². The molecule has 1 fully saturated rings. The van der Waals surface area contributed by atoms with Gasteiger partial charge in [0, 0.05) is 18.2 Å². The van der Waals surface area contributed by atoms with Crippen LogP contribution in [0, 0.1) is 0 Å². The zero-order valence-corrected chi connectivity index (χ0v) is 16.9. The molecule has 29 heavy (non-hydrogen) atoms. The topological polar surface area (TPSA) is 86.4 Å². The Morgan fingerprint density at radius 1 is 1.17 bits per heavy atom. The fourth-order valence-electron chi connectivity index (χ4n) is 4.33. The number of nitrogens with one attached hydrogen (secondary N) is 2. The van der Waals surface area contributed by atoms with Crippen molar-refractivity contribution in [3.05, 3.63) is 48.3 Å². The molecule has 8 nitrogen and oxygen atoms in total.